The van der Waals surface area contributed by atoms with Gasteiger partial charge in [-0.1, -0.05) is 128 Å². The van der Waals surface area contributed by atoms with Crippen molar-refractivity contribution in [2.75, 3.05) is 6.61 Å². The second-order valence-electron chi connectivity index (χ2n) is 8.06. The lowest BCUT2D eigenvalue weighted by molar-refractivity contribution is -0.113. The molecule has 0 aromatic heterocycles. The van der Waals surface area contributed by atoms with Gasteiger partial charge in [-0.3, -0.25) is 0 Å². The van der Waals surface area contributed by atoms with Crippen molar-refractivity contribution >= 4 is 30.2 Å². The normalized spacial score (nSPS) is 13.3. The van der Waals surface area contributed by atoms with Gasteiger partial charge >= 0.3 is 0 Å². The maximum atomic E-state index is 12.5. The van der Waals surface area contributed by atoms with E-state index in [1.165, 1.54) is 15.6 Å². The number of hydrogen-bond donors (Lipinski definition) is 0. The smallest absolute Gasteiger partial charge is 0.288 e. The van der Waals surface area contributed by atoms with Crippen molar-refractivity contribution in [3.8, 4) is 0 Å². The number of rotatable bonds is 9. The molecule has 4 aromatic rings. The Labute approximate surface area is 191 Å². The van der Waals surface area contributed by atoms with E-state index in [4.69, 9.17) is 4.43 Å². The average Bonchev–Trinajstić information content (AvgIpc) is 2.89. The van der Waals surface area contributed by atoms with Gasteiger partial charge in [-0.2, -0.15) is 0 Å². The van der Waals surface area contributed by atoms with Gasteiger partial charge in [0.05, 0.1) is 12.0 Å². The third-order valence-corrected chi connectivity index (χ3v) is 10.3. The van der Waals surface area contributed by atoms with E-state index in [0.29, 0.717) is 13.0 Å². The van der Waals surface area contributed by atoms with Crippen molar-refractivity contribution in [2.24, 2.45) is 0 Å². The van der Waals surface area contributed by atoms with E-state index < -0.39 is 13.7 Å². The molecule has 32 heavy (non-hydrogen) atoms. The summed E-state index contributed by atoms with van der Waals surface area (Å²) in [5.74, 6) is 0. The number of carbonyl (C=O) groups excluding carboxylic acids is 1. The maximum absolute atomic E-state index is 12.5. The number of aldehydes is 1. The van der Waals surface area contributed by atoms with E-state index in [0.717, 1.165) is 11.8 Å². The van der Waals surface area contributed by atoms with Gasteiger partial charge in [-0.25, -0.2) is 0 Å². The fourth-order valence-corrected chi connectivity index (χ4v) is 8.31. The van der Waals surface area contributed by atoms with Gasteiger partial charge in [-0.15, -0.1) is 0 Å². The third kappa shape index (κ3) is 4.09. The van der Waals surface area contributed by atoms with Crippen LogP contribution in [0.4, 0.5) is 0 Å². The molecule has 0 N–H and O–H groups in total. The molecule has 160 valence electrons. The SMILES string of the molecule is CCC(C=O)(CO[Si](c1ccccc1)(c1ccccc1)c1ccccc1)c1ccccc1. The molecule has 0 fully saturated rings. The molecule has 0 aliphatic heterocycles. The number of hydrogen-bond acceptors (Lipinski definition) is 2. The van der Waals surface area contributed by atoms with Gasteiger partial charge in [0.15, 0.2) is 0 Å². The molecule has 2 nitrogen and oxygen atoms in total. The molecular weight excluding hydrogens is 408 g/mol. The van der Waals surface area contributed by atoms with Gasteiger partial charge in [0.2, 0.25) is 0 Å². The molecule has 1 unspecified atom stereocenters. The second-order valence-corrected chi connectivity index (χ2v) is 11.4. The first-order valence-electron chi connectivity index (χ1n) is 11.1. The van der Waals surface area contributed by atoms with Gasteiger partial charge in [0.25, 0.3) is 8.32 Å². The summed E-state index contributed by atoms with van der Waals surface area (Å²) in [6, 6.07) is 41.4. The van der Waals surface area contributed by atoms with E-state index >= 15 is 0 Å². The molecule has 0 radical (unpaired) electrons. The quantitative estimate of drug-likeness (QED) is 0.223. The van der Waals surface area contributed by atoms with Gasteiger partial charge in [0, 0.05) is 0 Å². The van der Waals surface area contributed by atoms with Crippen molar-refractivity contribution < 1.29 is 9.22 Å². The number of carbonyl (C=O) groups is 1. The predicted molar refractivity (Wildman–Crippen MR) is 134 cm³/mol. The highest BCUT2D eigenvalue weighted by Gasteiger charge is 2.44. The van der Waals surface area contributed by atoms with Crippen LogP contribution < -0.4 is 15.6 Å². The summed E-state index contributed by atoms with van der Waals surface area (Å²) in [7, 11) is -2.86. The lowest BCUT2D eigenvalue weighted by atomic mass is 9.80. The summed E-state index contributed by atoms with van der Waals surface area (Å²) < 4.78 is 7.10. The molecule has 0 saturated heterocycles. The fraction of sp³-hybridized carbons (Fsp3) is 0.138. The number of benzene rings is 4. The van der Waals surface area contributed by atoms with Crippen LogP contribution in [0.1, 0.15) is 18.9 Å². The van der Waals surface area contributed by atoms with E-state index in [-0.39, 0.29) is 0 Å². The fourth-order valence-electron chi connectivity index (χ4n) is 4.35. The Morgan fingerprint density at radius 1 is 0.656 bits per heavy atom. The summed E-state index contributed by atoms with van der Waals surface area (Å²) in [5, 5.41) is 3.50. The Balaban J connectivity index is 1.89. The zero-order valence-electron chi connectivity index (χ0n) is 18.4. The van der Waals surface area contributed by atoms with E-state index in [2.05, 4.69) is 79.7 Å². The molecule has 0 spiro atoms. The van der Waals surface area contributed by atoms with Crippen LogP contribution in [0.3, 0.4) is 0 Å². The molecule has 0 saturated carbocycles. The minimum absolute atomic E-state index is 0.321. The van der Waals surface area contributed by atoms with Crippen LogP contribution in [-0.2, 0) is 14.6 Å². The topological polar surface area (TPSA) is 26.3 Å². The molecule has 3 heteroatoms. The van der Waals surface area contributed by atoms with Crippen LogP contribution in [0.5, 0.6) is 0 Å². The second kappa shape index (κ2) is 9.90. The third-order valence-electron chi connectivity index (χ3n) is 6.29. The van der Waals surface area contributed by atoms with Crippen LogP contribution in [0.15, 0.2) is 121 Å². The Morgan fingerprint density at radius 3 is 1.38 bits per heavy atom. The Morgan fingerprint density at radius 2 is 1.03 bits per heavy atom. The first-order valence-corrected chi connectivity index (χ1v) is 13.0. The molecule has 0 amide bonds. The molecule has 0 bridgehead atoms. The Kier molecular flexibility index (Phi) is 6.79. The highest BCUT2D eigenvalue weighted by molar-refractivity contribution is 7.07. The van der Waals surface area contributed by atoms with E-state index in [1.54, 1.807) is 0 Å². The first kappa shape index (κ1) is 21.9. The lowest BCUT2D eigenvalue weighted by Crippen LogP contribution is -2.70. The first-order chi connectivity index (χ1) is 15.7. The minimum atomic E-state index is -2.86. The summed E-state index contributed by atoms with van der Waals surface area (Å²) in [6.07, 6.45) is 1.74. The monoisotopic (exact) mass is 436 g/mol. The van der Waals surface area contributed by atoms with Crippen LogP contribution >= 0.6 is 0 Å². The van der Waals surface area contributed by atoms with Crippen molar-refractivity contribution in [1.82, 2.24) is 0 Å². The molecule has 4 aromatic carbocycles. The highest BCUT2D eigenvalue weighted by atomic mass is 28.4. The van der Waals surface area contributed by atoms with Gasteiger partial charge < -0.3 is 9.22 Å². The van der Waals surface area contributed by atoms with Gasteiger partial charge in [0.1, 0.15) is 6.29 Å². The Hall–Kier alpha value is -3.27. The highest BCUT2D eigenvalue weighted by Crippen LogP contribution is 2.27. The van der Waals surface area contributed by atoms with Crippen molar-refractivity contribution in [1.29, 1.82) is 0 Å². The van der Waals surface area contributed by atoms with Crippen LogP contribution in [0.25, 0.3) is 0 Å². The van der Waals surface area contributed by atoms with Crippen LogP contribution in [-0.4, -0.2) is 21.2 Å². The van der Waals surface area contributed by atoms with Crippen LogP contribution in [0, 0.1) is 0 Å². The average molecular weight is 437 g/mol. The molecule has 0 aliphatic carbocycles. The zero-order valence-corrected chi connectivity index (χ0v) is 19.4. The lowest BCUT2D eigenvalue weighted by Gasteiger charge is -2.37. The molecule has 0 aliphatic rings. The Bertz CT molecular complexity index is 1020. The van der Waals surface area contributed by atoms with E-state index in [9.17, 15) is 4.79 Å². The van der Waals surface area contributed by atoms with E-state index in [1.807, 2.05) is 48.5 Å². The molecular formula is C29H28O2Si. The molecule has 4 rings (SSSR count). The molecule has 0 heterocycles. The largest absolute Gasteiger partial charge is 0.403 e. The summed E-state index contributed by atoms with van der Waals surface area (Å²) >= 11 is 0. The van der Waals surface area contributed by atoms with Crippen LogP contribution in [0.2, 0.25) is 0 Å². The van der Waals surface area contributed by atoms with Crippen molar-refractivity contribution in [3.05, 3.63) is 127 Å². The van der Waals surface area contributed by atoms with Crippen molar-refractivity contribution in [2.45, 2.75) is 18.8 Å². The maximum Gasteiger partial charge on any atom is 0.288 e. The summed E-state index contributed by atoms with van der Waals surface area (Å²) in [6.45, 7) is 2.38. The zero-order chi connectivity index (χ0) is 22.3. The molecule has 1 atom stereocenters. The minimum Gasteiger partial charge on any atom is -0.403 e. The summed E-state index contributed by atoms with van der Waals surface area (Å²) in [4.78, 5) is 12.5. The van der Waals surface area contributed by atoms with Crippen molar-refractivity contribution in [3.63, 3.8) is 0 Å². The van der Waals surface area contributed by atoms with Gasteiger partial charge in [-0.05, 0) is 27.5 Å². The standard InChI is InChI=1S/C29H28O2Si/c1-2-29(23-30,25-15-7-3-8-16-25)24-31-32(26-17-9-4-10-18-26,27-19-11-5-12-20-27)28-21-13-6-14-22-28/h3-23H,2,24H2,1H3. The predicted octanol–water partition coefficient (Wildman–Crippen LogP) is 4.22. The summed E-state index contributed by atoms with van der Waals surface area (Å²) in [5.41, 5.74) is 0.298.